The van der Waals surface area contributed by atoms with Crippen molar-refractivity contribution in [2.45, 2.75) is 19.1 Å². The van der Waals surface area contributed by atoms with Crippen molar-refractivity contribution in [3.8, 4) is 5.75 Å². The molecular formula is C10H12O4S. The van der Waals surface area contributed by atoms with Crippen molar-refractivity contribution in [1.29, 1.82) is 0 Å². The van der Waals surface area contributed by atoms with Crippen LogP contribution in [0.3, 0.4) is 0 Å². The SMILES string of the molecule is CS(=O)(=O)OC1CCc2ccccc2O1. The summed E-state index contributed by atoms with van der Waals surface area (Å²) in [7, 11) is -3.45. The van der Waals surface area contributed by atoms with Gasteiger partial charge in [-0.05, 0) is 18.1 Å². The minimum atomic E-state index is -3.45. The van der Waals surface area contributed by atoms with E-state index >= 15 is 0 Å². The molecule has 0 fully saturated rings. The van der Waals surface area contributed by atoms with Gasteiger partial charge in [0.2, 0.25) is 6.29 Å². The summed E-state index contributed by atoms with van der Waals surface area (Å²) in [6, 6.07) is 7.56. The van der Waals surface area contributed by atoms with E-state index in [1.54, 1.807) is 0 Å². The lowest BCUT2D eigenvalue weighted by Crippen LogP contribution is -2.27. The molecule has 1 aromatic rings. The lowest BCUT2D eigenvalue weighted by molar-refractivity contribution is -0.00371. The zero-order valence-corrected chi connectivity index (χ0v) is 9.16. The van der Waals surface area contributed by atoms with E-state index in [1.165, 1.54) is 0 Å². The molecule has 1 heterocycles. The summed E-state index contributed by atoms with van der Waals surface area (Å²) >= 11 is 0. The highest BCUT2D eigenvalue weighted by molar-refractivity contribution is 7.86. The van der Waals surface area contributed by atoms with Gasteiger partial charge >= 0.3 is 0 Å². The summed E-state index contributed by atoms with van der Waals surface area (Å²) in [5.74, 6) is 0.706. The quantitative estimate of drug-likeness (QED) is 0.716. The molecule has 1 atom stereocenters. The first-order chi connectivity index (χ1) is 7.04. The standard InChI is InChI=1S/C10H12O4S/c1-15(11,12)14-10-7-6-8-4-2-3-5-9(8)13-10/h2-5,10H,6-7H2,1H3. The van der Waals surface area contributed by atoms with Gasteiger partial charge in [-0.15, -0.1) is 0 Å². The number of aryl methyl sites for hydroxylation is 1. The summed E-state index contributed by atoms with van der Waals surface area (Å²) in [4.78, 5) is 0. The number of ether oxygens (including phenoxy) is 1. The van der Waals surface area contributed by atoms with Gasteiger partial charge < -0.3 is 4.74 Å². The molecule has 82 valence electrons. The molecule has 0 saturated carbocycles. The fraction of sp³-hybridized carbons (Fsp3) is 0.400. The van der Waals surface area contributed by atoms with Gasteiger partial charge in [-0.25, -0.2) is 4.18 Å². The highest BCUT2D eigenvalue weighted by Gasteiger charge is 2.23. The lowest BCUT2D eigenvalue weighted by Gasteiger charge is -2.24. The molecule has 1 aliphatic rings. The van der Waals surface area contributed by atoms with Crippen molar-refractivity contribution in [2.75, 3.05) is 6.26 Å². The highest BCUT2D eigenvalue weighted by atomic mass is 32.2. The molecule has 1 unspecified atom stereocenters. The van der Waals surface area contributed by atoms with Crippen LogP contribution in [0.2, 0.25) is 0 Å². The van der Waals surface area contributed by atoms with E-state index in [-0.39, 0.29) is 0 Å². The van der Waals surface area contributed by atoms with Gasteiger partial charge in [0.15, 0.2) is 0 Å². The number of hydrogen-bond acceptors (Lipinski definition) is 4. The lowest BCUT2D eigenvalue weighted by atomic mass is 10.1. The molecule has 0 amide bonds. The third-order valence-electron chi connectivity index (χ3n) is 2.16. The van der Waals surface area contributed by atoms with Crippen LogP contribution in [0.1, 0.15) is 12.0 Å². The van der Waals surface area contributed by atoms with Crippen LogP contribution in [-0.2, 0) is 20.7 Å². The van der Waals surface area contributed by atoms with Crippen LogP contribution in [-0.4, -0.2) is 21.0 Å². The van der Waals surface area contributed by atoms with Crippen LogP contribution in [0, 0.1) is 0 Å². The highest BCUT2D eigenvalue weighted by Crippen LogP contribution is 2.27. The summed E-state index contributed by atoms with van der Waals surface area (Å²) in [5.41, 5.74) is 1.09. The second-order valence-corrected chi connectivity index (χ2v) is 5.09. The Hall–Kier alpha value is -1.07. The Kier molecular flexibility index (Phi) is 2.67. The molecule has 0 spiro atoms. The van der Waals surface area contributed by atoms with E-state index < -0.39 is 16.4 Å². The van der Waals surface area contributed by atoms with Crippen LogP contribution < -0.4 is 4.74 Å². The Labute approximate surface area is 88.9 Å². The smallest absolute Gasteiger partial charge is 0.267 e. The Morgan fingerprint density at radius 1 is 1.40 bits per heavy atom. The fourth-order valence-electron chi connectivity index (χ4n) is 1.56. The van der Waals surface area contributed by atoms with Gasteiger partial charge in [-0.1, -0.05) is 18.2 Å². The number of rotatable bonds is 2. The maximum absolute atomic E-state index is 10.9. The molecule has 0 aromatic heterocycles. The summed E-state index contributed by atoms with van der Waals surface area (Å²) < 4.78 is 32.0. The first-order valence-corrected chi connectivity index (χ1v) is 6.49. The Bertz CT molecular complexity index is 452. The molecule has 0 N–H and O–H groups in total. The van der Waals surface area contributed by atoms with Gasteiger partial charge in [0.25, 0.3) is 10.1 Å². The molecular weight excluding hydrogens is 216 g/mol. The number of para-hydroxylation sites is 1. The molecule has 2 rings (SSSR count). The normalized spacial score (nSPS) is 20.5. The summed E-state index contributed by atoms with van der Waals surface area (Å²) in [6.07, 6.45) is 1.67. The summed E-state index contributed by atoms with van der Waals surface area (Å²) in [5, 5.41) is 0. The Morgan fingerprint density at radius 2 is 2.13 bits per heavy atom. The van der Waals surface area contributed by atoms with Crippen LogP contribution in [0.15, 0.2) is 24.3 Å². The van der Waals surface area contributed by atoms with E-state index in [0.717, 1.165) is 18.2 Å². The largest absolute Gasteiger partial charge is 0.463 e. The van der Waals surface area contributed by atoms with Crippen LogP contribution in [0.25, 0.3) is 0 Å². The van der Waals surface area contributed by atoms with Crippen LogP contribution >= 0.6 is 0 Å². The predicted octanol–water partition coefficient (Wildman–Crippen LogP) is 1.31. The molecule has 1 aliphatic heterocycles. The average molecular weight is 228 g/mol. The third-order valence-corrected chi connectivity index (χ3v) is 2.73. The topological polar surface area (TPSA) is 52.6 Å². The average Bonchev–Trinajstić information content (AvgIpc) is 2.15. The maximum atomic E-state index is 10.9. The van der Waals surface area contributed by atoms with E-state index in [4.69, 9.17) is 8.92 Å². The van der Waals surface area contributed by atoms with Crippen LogP contribution in [0.4, 0.5) is 0 Å². The predicted molar refractivity (Wildman–Crippen MR) is 55.1 cm³/mol. The Morgan fingerprint density at radius 3 is 2.87 bits per heavy atom. The van der Waals surface area contributed by atoms with E-state index in [9.17, 15) is 8.42 Å². The minimum Gasteiger partial charge on any atom is -0.463 e. The van der Waals surface area contributed by atoms with Gasteiger partial charge in [0.1, 0.15) is 5.75 Å². The maximum Gasteiger partial charge on any atom is 0.267 e. The molecule has 0 saturated heterocycles. The molecule has 0 aliphatic carbocycles. The van der Waals surface area contributed by atoms with E-state index in [1.807, 2.05) is 24.3 Å². The zero-order valence-electron chi connectivity index (χ0n) is 8.34. The zero-order chi connectivity index (χ0) is 10.9. The monoisotopic (exact) mass is 228 g/mol. The van der Waals surface area contributed by atoms with Crippen molar-refractivity contribution >= 4 is 10.1 Å². The van der Waals surface area contributed by atoms with Crippen molar-refractivity contribution in [1.82, 2.24) is 0 Å². The number of fused-ring (bicyclic) bond motifs is 1. The molecule has 0 bridgehead atoms. The van der Waals surface area contributed by atoms with Crippen molar-refractivity contribution < 1.29 is 17.3 Å². The molecule has 4 nitrogen and oxygen atoms in total. The van der Waals surface area contributed by atoms with Gasteiger partial charge in [0, 0.05) is 6.42 Å². The van der Waals surface area contributed by atoms with Gasteiger partial charge in [-0.2, -0.15) is 8.42 Å². The van der Waals surface area contributed by atoms with Crippen molar-refractivity contribution in [3.05, 3.63) is 29.8 Å². The van der Waals surface area contributed by atoms with E-state index in [2.05, 4.69) is 0 Å². The number of benzene rings is 1. The van der Waals surface area contributed by atoms with Crippen molar-refractivity contribution in [3.63, 3.8) is 0 Å². The van der Waals surface area contributed by atoms with E-state index in [0.29, 0.717) is 12.2 Å². The molecule has 5 heteroatoms. The van der Waals surface area contributed by atoms with Gasteiger partial charge in [-0.3, -0.25) is 0 Å². The minimum absolute atomic E-state index is 0.560. The third kappa shape index (κ3) is 2.70. The second kappa shape index (κ2) is 3.83. The van der Waals surface area contributed by atoms with Crippen LogP contribution in [0.5, 0.6) is 5.75 Å². The Balaban J connectivity index is 2.12. The molecule has 15 heavy (non-hydrogen) atoms. The first-order valence-electron chi connectivity index (χ1n) is 4.67. The first kappa shape index (κ1) is 10.4. The molecule has 1 aromatic carbocycles. The molecule has 0 radical (unpaired) electrons. The second-order valence-electron chi connectivity index (χ2n) is 3.49. The fourth-order valence-corrected chi connectivity index (χ4v) is 2.09. The van der Waals surface area contributed by atoms with Crippen molar-refractivity contribution in [2.24, 2.45) is 0 Å². The van der Waals surface area contributed by atoms with Gasteiger partial charge in [0.05, 0.1) is 6.26 Å². The summed E-state index contributed by atoms with van der Waals surface area (Å²) in [6.45, 7) is 0. The number of hydrogen-bond donors (Lipinski definition) is 0.